The third kappa shape index (κ3) is 5.95. The fourth-order valence-electron chi connectivity index (χ4n) is 2.84. The van der Waals surface area contributed by atoms with E-state index in [2.05, 4.69) is 0 Å². The number of amides is 1. The molecule has 2 aromatic rings. The molecule has 0 bridgehead atoms. The van der Waals surface area contributed by atoms with Crippen LogP contribution in [0.25, 0.3) is 0 Å². The van der Waals surface area contributed by atoms with Crippen molar-refractivity contribution in [2.45, 2.75) is 19.4 Å². The number of anilines is 1. The molecule has 1 amide bonds. The van der Waals surface area contributed by atoms with Crippen molar-refractivity contribution in [3.8, 4) is 5.75 Å². The minimum atomic E-state index is -3.54. The zero-order valence-corrected chi connectivity index (χ0v) is 17.1. The van der Waals surface area contributed by atoms with Gasteiger partial charge in [0.15, 0.2) is 0 Å². The summed E-state index contributed by atoms with van der Waals surface area (Å²) < 4.78 is 43.7. The molecule has 0 aliphatic carbocycles. The summed E-state index contributed by atoms with van der Waals surface area (Å²) in [4.78, 5) is 14.0. The Hall–Kier alpha value is -2.61. The van der Waals surface area contributed by atoms with Gasteiger partial charge < -0.3 is 9.64 Å². The molecular weight excluding hydrogens is 383 g/mol. The molecule has 0 saturated heterocycles. The number of carbonyl (C=O) groups excluding carboxylic acids is 1. The average Bonchev–Trinajstić information content (AvgIpc) is 2.65. The van der Waals surface area contributed by atoms with Crippen LogP contribution in [-0.2, 0) is 21.4 Å². The van der Waals surface area contributed by atoms with Gasteiger partial charge in [-0.1, -0.05) is 18.2 Å². The summed E-state index contributed by atoms with van der Waals surface area (Å²) in [6, 6.07) is 12.7. The van der Waals surface area contributed by atoms with Gasteiger partial charge in [-0.15, -0.1) is 0 Å². The van der Waals surface area contributed by atoms with Crippen molar-refractivity contribution < 1.29 is 22.3 Å². The van der Waals surface area contributed by atoms with Crippen molar-refractivity contribution in [2.24, 2.45) is 0 Å². The summed E-state index contributed by atoms with van der Waals surface area (Å²) >= 11 is 0. The number of benzene rings is 2. The number of rotatable bonds is 9. The molecule has 0 fully saturated rings. The molecule has 0 atom stereocenters. The van der Waals surface area contributed by atoms with Crippen molar-refractivity contribution in [2.75, 3.05) is 31.3 Å². The first kappa shape index (κ1) is 21.7. The molecule has 28 heavy (non-hydrogen) atoms. The Labute approximate surface area is 165 Å². The first-order valence-electron chi connectivity index (χ1n) is 8.81. The lowest BCUT2D eigenvalue weighted by Gasteiger charge is -2.23. The van der Waals surface area contributed by atoms with Crippen LogP contribution in [0, 0.1) is 5.82 Å². The predicted octanol–water partition coefficient (Wildman–Crippen LogP) is 3.04. The molecular formula is C20H25FN2O4S. The number of halogens is 1. The monoisotopic (exact) mass is 408 g/mol. The van der Waals surface area contributed by atoms with E-state index in [1.807, 2.05) is 24.3 Å². The highest BCUT2D eigenvalue weighted by Crippen LogP contribution is 2.20. The SMILES string of the molecule is COc1ccccc1CN(C)C(=O)CCCN(c1ccc(F)cc1)S(C)(=O)=O. The van der Waals surface area contributed by atoms with E-state index >= 15 is 0 Å². The van der Waals surface area contributed by atoms with E-state index in [0.717, 1.165) is 11.8 Å². The van der Waals surface area contributed by atoms with E-state index in [4.69, 9.17) is 4.74 Å². The lowest BCUT2D eigenvalue weighted by molar-refractivity contribution is -0.130. The predicted molar refractivity (Wildman–Crippen MR) is 107 cm³/mol. The molecule has 0 spiro atoms. The maximum atomic E-state index is 13.1. The minimum Gasteiger partial charge on any atom is -0.496 e. The van der Waals surface area contributed by atoms with Crippen LogP contribution in [0.3, 0.4) is 0 Å². The molecule has 8 heteroatoms. The summed E-state index contributed by atoms with van der Waals surface area (Å²) in [6.45, 7) is 0.537. The van der Waals surface area contributed by atoms with Gasteiger partial charge in [0.2, 0.25) is 15.9 Å². The Morgan fingerprint density at radius 2 is 1.75 bits per heavy atom. The van der Waals surface area contributed by atoms with Gasteiger partial charge in [-0.3, -0.25) is 9.10 Å². The highest BCUT2D eigenvalue weighted by molar-refractivity contribution is 7.92. The lowest BCUT2D eigenvalue weighted by atomic mass is 10.2. The van der Waals surface area contributed by atoms with Crippen LogP contribution >= 0.6 is 0 Å². The van der Waals surface area contributed by atoms with Gasteiger partial charge in [0.05, 0.1) is 19.1 Å². The standard InChI is InChI=1S/C20H25FN2O4S/c1-22(15-16-7-4-5-8-19(16)27-2)20(24)9-6-14-23(28(3,25)26)18-12-10-17(21)11-13-18/h4-5,7-8,10-13H,6,9,14-15H2,1-3H3. The van der Waals surface area contributed by atoms with E-state index < -0.39 is 15.8 Å². The Kier molecular flexibility index (Phi) is 7.39. The van der Waals surface area contributed by atoms with E-state index in [1.165, 1.54) is 28.6 Å². The normalized spacial score (nSPS) is 11.1. The van der Waals surface area contributed by atoms with E-state index in [0.29, 0.717) is 24.4 Å². The first-order chi connectivity index (χ1) is 13.2. The van der Waals surface area contributed by atoms with E-state index in [1.54, 1.807) is 19.1 Å². The number of ether oxygens (including phenoxy) is 1. The Bertz CT molecular complexity index is 901. The third-order valence-electron chi connectivity index (χ3n) is 4.29. The lowest BCUT2D eigenvalue weighted by Crippen LogP contribution is -2.32. The topological polar surface area (TPSA) is 66.9 Å². The summed E-state index contributed by atoms with van der Waals surface area (Å²) in [5, 5.41) is 0. The van der Waals surface area contributed by atoms with Crippen LogP contribution in [0.2, 0.25) is 0 Å². The van der Waals surface area contributed by atoms with Crippen molar-refractivity contribution in [3.05, 3.63) is 59.9 Å². The number of hydrogen-bond acceptors (Lipinski definition) is 4. The van der Waals surface area contributed by atoms with Crippen LogP contribution < -0.4 is 9.04 Å². The smallest absolute Gasteiger partial charge is 0.232 e. The van der Waals surface area contributed by atoms with Crippen molar-refractivity contribution in [1.82, 2.24) is 4.90 Å². The molecule has 0 unspecified atom stereocenters. The van der Waals surface area contributed by atoms with Crippen LogP contribution in [0.15, 0.2) is 48.5 Å². The molecule has 2 aromatic carbocycles. The number of carbonyl (C=O) groups is 1. The zero-order valence-electron chi connectivity index (χ0n) is 16.3. The largest absolute Gasteiger partial charge is 0.496 e. The van der Waals surface area contributed by atoms with Crippen LogP contribution in [0.5, 0.6) is 5.75 Å². The molecule has 2 rings (SSSR count). The summed E-state index contributed by atoms with van der Waals surface area (Å²) in [7, 11) is -0.260. The van der Waals surface area contributed by atoms with Gasteiger partial charge in [-0.2, -0.15) is 0 Å². The van der Waals surface area contributed by atoms with Crippen LogP contribution in [0.1, 0.15) is 18.4 Å². The fraction of sp³-hybridized carbons (Fsp3) is 0.350. The molecule has 0 heterocycles. The summed E-state index contributed by atoms with van der Waals surface area (Å²) in [6.07, 6.45) is 1.63. The molecule has 0 saturated carbocycles. The minimum absolute atomic E-state index is 0.0986. The van der Waals surface area contributed by atoms with Crippen molar-refractivity contribution in [3.63, 3.8) is 0 Å². The Morgan fingerprint density at radius 3 is 2.36 bits per heavy atom. The zero-order chi connectivity index (χ0) is 20.7. The maximum absolute atomic E-state index is 13.1. The number of sulfonamides is 1. The maximum Gasteiger partial charge on any atom is 0.232 e. The van der Waals surface area contributed by atoms with Gasteiger partial charge >= 0.3 is 0 Å². The van der Waals surface area contributed by atoms with Gasteiger partial charge in [-0.25, -0.2) is 12.8 Å². The number of para-hydroxylation sites is 1. The van der Waals surface area contributed by atoms with E-state index in [9.17, 15) is 17.6 Å². The molecule has 0 aromatic heterocycles. The second-order valence-corrected chi connectivity index (χ2v) is 8.38. The number of nitrogens with zero attached hydrogens (tertiary/aromatic N) is 2. The molecule has 152 valence electrons. The van der Waals surface area contributed by atoms with Crippen LogP contribution in [-0.4, -0.2) is 46.2 Å². The quantitative estimate of drug-likeness (QED) is 0.640. The Morgan fingerprint density at radius 1 is 1.11 bits per heavy atom. The molecule has 0 radical (unpaired) electrons. The number of hydrogen-bond donors (Lipinski definition) is 0. The van der Waals surface area contributed by atoms with Crippen molar-refractivity contribution in [1.29, 1.82) is 0 Å². The highest BCUT2D eigenvalue weighted by atomic mass is 32.2. The van der Waals surface area contributed by atoms with Gasteiger partial charge in [0.25, 0.3) is 0 Å². The first-order valence-corrected chi connectivity index (χ1v) is 10.7. The molecule has 0 N–H and O–H groups in total. The summed E-state index contributed by atoms with van der Waals surface area (Å²) in [5.74, 6) is 0.172. The fourth-order valence-corrected chi connectivity index (χ4v) is 3.80. The van der Waals surface area contributed by atoms with Crippen molar-refractivity contribution >= 4 is 21.6 Å². The average molecular weight is 408 g/mol. The third-order valence-corrected chi connectivity index (χ3v) is 5.49. The summed E-state index contributed by atoms with van der Waals surface area (Å²) in [5.41, 5.74) is 1.27. The molecule has 6 nitrogen and oxygen atoms in total. The van der Waals surface area contributed by atoms with Gasteiger partial charge in [-0.05, 0) is 36.8 Å². The molecule has 0 aliphatic heterocycles. The number of methoxy groups -OCH3 is 1. The second kappa shape index (κ2) is 9.54. The second-order valence-electron chi connectivity index (χ2n) is 6.48. The van der Waals surface area contributed by atoms with Gasteiger partial charge in [0, 0.05) is 32.1 Å². The van der Waals surface area contributed by atoms with Gasteiger partial charge in [0.1, 0.15) is 11.6 Å². The highest BCUT2D eigenvalue weighted by Gasteiger charge is 2.18. The van der Waals surface area contributed by atoms with Crippen LogP contribution in [0.4, 0.5) is 10.1 Å². The Balaban J connectivity index is 1.95. The van der Waals surface area contributed by atoms with E-state index in [-0.39, 0.29) is 18.9 Å². The molecule has 0 aliphatic rings.